The van der Waals surface area contributed by atoms with E-state index in [4.69, 9.17) is 14.5 Å². The van der Waals surface area contributed by atoms with E-state index in [-0.39, 0.29) is 17.0 Å². The highest BCUT2D eigenvalue weighted by molar-refractivity contribution is 7.89. The molecule has 0 radical (unpaired) electrons. The minimum Gasteiger partial charge on any atom is -0.444 e. The van der Waals surface area contributed by atoms with E-state index in [9.17, 15) is 13.2 Å². The van der Waals surface area contributed by atoms with Crippen molar-refractivity contribution in [1.82, 2.24) is 24.6 Å². The van der Waals surface area contributed by atoms with Crippen molar-refractivity contribution in [2.45, 2.75) is 70.4 Å². The van der Waals surface area contributed by atoms with Crippen LogP contribution in [0.2, 0.25) is 0 Å². The summed E-state index contributed by atoms with van der Waals surface area (Å²) in [6, 6.07) is 14.2. The number of nitrogens with zero attached hydrogens (tertiary/aromatic N) is 4. The highest BCUT2D eigenvalue weighted by Gasteiger charge is 2.28. The minimum atomic E-state index is -3.71. The van der Waals surface area contributed by atoms with Crippen molar-refractivity contribution in [3.63, 3.8) is 0 Å². The molecule has 4 aromatic rings. The Morgan fingerprint density at radius 1 is 1.04 bits per heavy atom. The Labute approximate surface area is 264 Å². The molecule has 1 atom stereocenters. The molecule has 1 aliphatic rings. The predicted octanol–water partition coefficient (Wildman–Crippen LogP) is 6.29. The number of sulfonamides is 1. The summed E-state index contributed by atoms with van der Waals surface area (Å²) in [4.78, 5) is 28.3. The molecule has 1 saturated heterocycles. The van der Waals surface area contributed by atoms with Crippen LogP contribution in [-0.4, -0.2) is 65.6 Å². The second kappa shape index (κ2) is 13.4. The molecular formula is C33H40N6O5S. The Bertz CT molecular complexity index is 1790. The number of ether oxygens (including phenoxy) is 2. The van der Waals surface area contributed by atoms with Gasteiger partial charge >= 0.3 is 6.09 Å². The molecular weight excluding hydrogens is 592 g/mol. The fourth-order valence-electron chi connectivity index (χ4n) is 5.21. The van der Waals surface area contributed by atoms with Crippen LogP contribution in [0.3, 0.4) is 0 Å². The van der Waals surface area contributed by atoms with Crippen molar-refractivity contribution in [2.24, 2.45) is 0 Å². The highest BCUT2D eigenvalue weighted by atomic mass is 32.2. The maximum absolute atomic E-state index is 13.1. The average Bonchev–Trinajstić information content (AvgIpc) is 3.01. The van der Waals surface area contributed by atoms with E-state index in [1.807, 2.05) is 52.8 Å². The second-order valence-electron chi connectivity index (χ2n) is 12.1. The smallest absolute Gasteiger partial charge is 0.410 e. The van der Waals surface area contributed by atoms with Gasteiger partial charge in [0.15, 0.2) is 0 Å². The summed E-state index contributed by atoms with van der Waals surface area (Å²) >= 11 is 0. The number of nitrogens with one attached hydrogen (secondary N) is 2. The van der Waals surface area contributed by atoms with Crippen LogP contribution >= 0.6 is 0 Å². The first kappa shape index (κ1) is 32.1. The lowest BCUT2D eigenvalue weighted by Crippen LogP contribution is -2.47. The molecule has 0 unspecified atom stereocenters. The van der Waals surface area contributed by atoms with Gasteiger partial charge in [-0.2, -0.15) is 0 Å². The van der Waals surface area contributed by atoms with E-state index in [1.165, 1.54) is 0 Å². The lowest BCUT2D eigenvalue weighted by molar-refractivity contribution is 0.0206. The fraction of sp³-hybridized carbons (Fsp3) is 0.394. The van der Waals surface area contributed by atoms with Gasteiger partial charge in [-0.15, -0.1) is 0 Å². The molecule has 1 fully saturated rings. The molecule has 0 saturated carbocycles. The van der Waals surface area contributed by atoms with E-state index in [0.717, 1.165) is 18.4 Å². The van der Waals surface area contributed by atoms with Gasteiger partial charge in [0, 0.05) is 48.8 Å². The Morgan fingerprint density at radius 3 is 2.64 bits per heavy atom. The van der Waals surface area contributed by atoms with Crippen LogP contribution in [0.15, 0.2) is 65.8 Å². The molecule has 1 amide bonds. The van der Waals surface area contributed by atoms with Gasteiger partial charge in [0.05, 0.1) is 16.2 Å². The van der Waals surface area contributed by atoms with Crippen molar-refractivity contribution in [2.75, 3.05) is 25.0 Å². The van der Waals surface area contributed by atoms with Gasteiger partial charge in [-0.1, -0.05) is 31.2 Å². The number of aryl methyl sites for hydroxylation is 1. The number of piperidine rings is 1. The van der Waals surface area contributed by atoms with Crippen LogP contribution in [-0.2, 0) is 14.8 Å². The van der Waals surface area contributed by atoms with E-state index in [1.54, 1.807) is 47.6 Å². The van der Waals surface area contributed by atoms with Gasteiger partial charge in [0.25, 0.3) is 0 Å². The average molecular weight is 633 g/mol. The number of hydrogen-bond acceptors (Lipinski definition) is 9. The third-order valence-electron chi connectivity index (χ3n) is 7.31. The Balaban J connectivity index is 1.41. The lowest BCUT2D eigenvalue weighted by Gasteiger charge is -2.34. The number of fused-ring (bicyclic) bond motifs is 1. The summed E-state index contributed by atoms with van der Waals surface area (Å²) < 4.78 is 40.8. The number of carbonyl (C=O) groups excluding carboxylic acids is 1. The van der Waals surface area contributed by atoms with Gasteiger partial charge in [0.2, 0.25) is 21.9 Å². The second-order valence-corrected chi connectivity index (χ2v) is 13.8. The molecule has 0 bridgehead atoms. The number of anilines is 1. The van der Waals surface area contributed by atoms with Crippen LogP contribution < -0.4 is 14.8 Å². The number of likely N-dealkylation sites (tertiary alicyclic amines) is 1. The molecule has 5 rings (SSSR count). The molecule has 3 heterocycles. The largest absolute Gasteiger partial charge is 0.444 e. The van der Waals surface area contributed by atoms with Crippen molar-refractivity contribution >= 4 is 32.8 Å². The zero-order chi connectivity index (χ0) is 32.2. The molecule has 0 spiro atoms. The summed E-state index contributed by atoms with van der Waals surface area (Å²) in [5.74, 6) is 1.26. The maximum Gasteiger partial charge on any atom is 0.410 e. The molecule has 2 aromatic carbocycles. The van der Waals surface area contributed by atoms with Gasteiger partial charge in [-0.3, -0.25) is 0 Å². The SMILES string of the molecule is CCCNS(=O)(=O)c1cccc2c(Oc3ncccc3-c3ccnc(N[C@H]4CCCN(C(=O)OC(C)(C)C)C4)n3)c(C)ccc12. The summed E-state index contributed by atoms with van der Waals surface area (Å²) in [5.41, 5.74) is 1.51. The van der Waals surface area contributed by atoms with Crippen molar-refractivity contribution in [3.8, 4) is 22.9 Å². The van der Waals surface area contributed by atoms with Gasteiger partial charge in [-0.05, 0) is 76.8 Å². The van der Waals surface area contributed by atoms with Crippen molar-refractivity contribution < 1.29 is 22.7 Å². The lowest BCUT2D eigenvalue weighted by atomic mass is 10.1. The fourth-order valence-corrected chi connectivity index (χ4v) is 6.56. The predicted molar refractivity (Wildman–Crippen MR) is 174 cm³/mol. The first-order valence-electron chi connectivity index (χ1n) is 15.2. The van der Waals surface area contributed by atoms with E-state index in [0.29, 0.717) is 65.7 Å². The number of amides is 1. The van der Waals surface area contributed by atoms with Gasteiger partial charge < -0.3 is 19.7 Å². The summed E-state index contributed by atoms with van der Waals surface area (Å²) in [6.07, 6.45) is 5.36. The summed E-state index contributed by atoms with van der Waals surface area (Å²) in [5, 5.41) is 4.59. The molecule has 1 aliphatic heterocycles. The van der Waals surface area contributed by atoms with Crippen LogP contribution in [0.25, 0.3) is 22.0 Å². The number of pyridine rings is 1. The summed E-state index contributed by atoms with van der Waals surface area (Å²) in [6.45, 7) is 10.9. The molecule has 45 heavy (non-hydrogen) atoms. The molecule has 11 nitrogen and oxygen atoms in total. The number of hydrogen-bond donors (Lipinski definition) is 2. The molecule has 0 aliphatic carbocycles. The number of aromatic nitrogens is 3. The normalized spacial score (nSPS) is 15.6. The Kier molecular flexibility index (Phi) is 9.54. The summed E-state index contributed by atoms with van der Waals surface area (Å²) in [7, 11) is -3.71. The Hall–Kier alpha value is -4.29. The first-order chi connectivity index (χ1) is 21.4. The third-order valence-corrected chi connectivity index (χ3v) is 8.83. The van der Waals surface area contributed by atoms with E-state index < -0.39 is 15.6 Å². The molecule has 2 N–H and O–H groups in total. The highest BCUT2D eigenvalue weighted by Crippen LogP contribution is 2.38. The topological polar surface area (TPSA) is 136 Å². The first-order valence-corrected chi connectivity index (χ1v) is 16.7. The van der Waals surface area contributed by atoms with Crippen LogP contribution in [0.4, 0.5) is 10.7 Å². The quantitative estimate of drug-likeness (QED) is 0.218. The van der Waals surface area contributed by atoms with Crippen LogP contribution in [0.5, 0.6) is 11.6 Å². The van der Waals surface area contributed by atoms with Crippen LogP contribution in [0.1, 0.15) is 52.5 Å². The zero-order valence-corrected chi connectivity index (χ0v) is 27.1. The number of carbonyl (C=O) groups is 1. The van der Waals surface area contributed by atoms with E-state index >= 15 is 0 Å². The Morgan fingerprint density at radius 2 is 1.87 bits per heavy atom. The minimum absolute atomic E-state index is 0.0400. The molecule has 12 heteroatoms. The third kappa shape index (κ3) is 7.69. The van der Waals surface area contributed by atoms with Gasteiger partial charge in [0.1, 0.15) is 11.4 Å². The molecule has 2 aromatic heterocycles. The van der Waals surface area contributed by atoms with Crippen molar-refractivity contribution in [1.29, 1.82) is 0 Å². The van der Waals surface area contributed by atoms with Crippen LogP contribution in [0, 0.1) is 6.92 Å². The molecule has 238 valence electrons. The zero-order valence-electron chi connectivity index (χ0n) is 26.3. The standard InChI is InChI=1S/C33H40N6O5S/c1-6-17-36-45(41,42)28-13-7-11-25-24(28)15-14-22(2)29(25)43-30-26(12-8-18-34-30)27-16-19-35-31(38-27)37-23-10-9-20-39(21-23)32(40)44-33(3,4)5/h7-8,11-16,18-19,23,36H,6,9-10,17,20-21H2,1-5H3,(H,35,37,38)/t23-/m0/s1. The van der Waals surface area contributed by atoms with Gasteiger partial charge in [-0.25, -0.2) is 32.9 Å². The van der Waals surface area contributed by atoms with E-state index in [2.05, 4.69) is 20.0 Å². The monoisotopic (exact) mass is 632 g/mol. The number of rotatable bonds is 9. The maximum atomic E-state index is 13.1. The van der Waals surface area contributed by atoms with Crippen molar-refractivity contribution in [3.05, 3.63) is 66.5 Å². The number of benzene rings is 2.